The molecular weight excluding hydrogens is 288 g/mol. The molecule has 0 unspecified atom stereocenters. The molecule has 2 bridgehead atoms. The predicted molar refractivity (Wildman–Crippen MR) is 87.9 cm³/mol. The molecule has 0 aliphatic carbocycles. The number of nitrogens with zero attached hydrogens (tertiary/aromatic N) is 2. The minimum Gasteiger partial charge on any atom is -0.396 e. The van der Waals surface area contributed by atoms with Crippen molar-refractivity contribution in [2.24, 2.45) is 5.41 Å². The maximum absolute atomic E-state index is 10.2. The van der Waals surface area contributed by atoms with Crippen LogP contribution in [0.1, 0.15) is 36.3 Å². The van der Waals surface area contributed by atoms with Crippen LogP contribution in [0.15, 0.2) is 40.9 Å². The summed E-state index contributed by atoms with van der Waals surface area (Å²) in [5.74, 6) is 0.938. The molecule has 2 saturated heterocycles. The van der Waals surface area contributed by atoms with Gasteiger partial charge >= 0.3 is 0 Å². The van der Waals surface area contributed by atoms with Crippen molar-refractivity contribution >= 4 is 0 Å². The van der Waals surface area contributed by atoms with Gasteiger partial charge in [0.05, 0.1) is 18.8 Å². The molecule has 1 aromatic carbocycles. The minimum atomic E-state index is -0.0145. The Hall–Kier alpha value is -1.65. The number of rotatable bonds is 5. The first-order chi connectivity index (χ1) is 11.2. The van der Waals surface area contributed by atoms with Gasteiger partial charge in [-0.05, 0) is 38.2 Å². The fourth-order valence-corrected chi connectivity index (χ4v) is 4.75. The van der Waals surface area contributed by atoms with Crippen LogP contribution in [0.5, 0.6) is 0 Å². The SMILES string of the molecule is Cc1cc(CN2[C@H]3CC[C@@H]2[C@@](CO)(Cc2ccccc2)C3)on1. The third kappa shape index (κ3) is 2.60. The second-order valence-electron chi connectivity index (χ2n) is 7.24. The number of aliphatic hydroxyl groups is 1. The largest absolute Gasteiger partial charge is 0.396 e. The summed E-state index contributed by atoms with van der Waals surface area (Å²) < 4.78 is 5.42. The third-order valence-electron chi connectivity index (χ3n) is 5.72. The molecule has 1 aromatic heterocycles. The number of fused-ring (bicyclic) bond motifs is 2. The molecule has 0 radical (unpaired) electrons. The lowest BCUT2D eigenvalue weighted by molar-refractivity contribution is 0.0728. The zero-order valence-corrected chi connectivity index (χ0v) is 13.6. The van der Waals surface area contributed by atoms with Gasteiger partial charge in [-0.25, -0.2) is 0 Å². The number of aryl methyl sites for hydroxylation is 1. The molecule has 1 N–H and O–H groups in total. The third-order valence-corrected chi connectivity index (χ3v) is 5.72. The fourth-order valence-electron chi connectivity index (χ4n) is 4.75. The molecular formula is C19H24N2O2. The van der Waals surface area contributed by atoms with Crippen molar-refractivity contribution < 1.29 is 9.63 Å². The Morgan fingerprint density at radius 2 is 2.13 bits per heavy atom. The van der Waals surface area contributed by atoms with E-state index in [9.17, 15) is 5.11 Å². The molecule has 122 valence electrons. The molecule has 0 amide bonds. The van der Waals surface area contributed by atoms with Crippen LogP contribution in [0, 0.1) is 12.3 Å². The summed E-state index contributed by atoms with van der Waals surface area (Å²) in [5, 5.41) is 14.2. The van der Waals surface area contributed by atoms with Crippen molar-refractivity contribution in [3.05, 3.63) is 53.4 Å². The molecule has 3 atom stereocenters. The molecule has 0 spiro atoms. The van der Waals surface area contributed by atoms with Gasteiger partial charge in [0, 0.05) is 23.6 Å². The Morgan fingerprint density at radius 1 is 1.30 bits per heavy atom. The first kappa shape index (κ1) is 14.9. The second-order valence-corrected chi connectivity index (χ2v) is 7.24. The van der Waals surface area contributed by atoms with Gasteiger partial charge in [0.1, 0.15) is 0 Å². The van der Waals surface area contributed by atoms with Gasteiger partial charge in [-0.15, -0.1) is 0 Å². The molecule has 4 heteroatoms. The van der Waals surface area contributed by atoms with Crippen LogP contribution in [-0.2, 0) is 13.0 Å². The van der Waals surface area contributed by atoms with Gasteiger partial charge in [-0.1, -0.05) is 35.5 Å². The van der Waals surface area contributed by atoms with E-state index in [1.54, 1.807) is 0 Å². The number of hydrogen-bond donors (Lipinski definition) is 1. The highest BCUT2D eigenvalue weighted by Crippen LogP contribution is 2.51. The van der Waals surface area contributed by atoms with E-state index in [0.29, 0.717) is 12.1 Å². The standard InChI is InChI=1S/C19H24N2O2/c1-14-9-17(23-20-14)12-21-16-7-8-18(21)19(11-16,13-22)10-15-5-3-2-4-6-15/h2-6,9,16,18,22H,7-8,10-13H2,1H3/t16-,18+,19-/m0/s1. The molecule has 2 aliphatic rings. The van der Waals surface area contributed by atoms with Crippen molar-refractivity contribution in [3.63, 3.8) is 0 Å². The Kier molecular flexibility index (Phi) is 3.74. The van der Waals surface area contributed by atoms with Gasteiger partial charge in [-0.2, -0.15) is 0 Å². The molecule has 0 saturated carbocycles. The van der Waals surface area contributed by atoms with Crippen LogP contribution in [0.4, 0.5) is 0 Å². The van der Waals surface area contributed by atoms with E-state index in [2.05, 4.69) is 40.4 Å². The summed E-state index contributed by atoms with van der Waals surface area (Å²) >= 11 is 0. The number of aromatic nitrogens is 1. The van der Waals surface area contributed by atoms with Gasteiger partial charge in [-0.3, -0.25) is 4.90 Å². The lowest BCUT2D eigenvalue weighted by atomic mass is 9.70. The number of aliphatic hydroxyl groups excluding tert-OH is 1. The average Bonchev–Trinajstić information content (AvgIpc) is 3.23. The normalized spacial score (nSPS) is 30.2. The predicted octanol–water partition coefficient (Wildman–Crippen LogP) is 2.94. The topological polar surface area (TPSA) is 49.5 Å². The van der Waals surface area contributed by atoms with Crippen LogP contribution in [0.25, 0.3) is 0 Å². The fraction of sp³-hybridized carbons (Fsp3) is 0.526. The van der Waals surface area contributed by atoms with Crippen LogP contribution >= 0.6 is 0 Å². The van der Waals surface area contributed by atoms with Gasteiger partial charge in [0.15, 0.2) is 5.76 Å². The number of benzene rings is 1. The molecule has 4 nitrogen and oxygen atoms in total. The van der Waals surface area contributed by atoms with E-state index < -0.39 is 0 Å². The van der Waals surface area contributed by atoms with Gasteiger partial charge in [0.25, 0.3) is 0 Å². The summed E-state index contributed by atoms with van der Waals surface area (Å²) in [4.78, 5) is 2.54. The lowest BCUT2D eigenvalue weighted by Crippen LogP contribution is -2.41. The highest BCUT2D eigenvalue weighted by atomic mass is 16.5. The van der Waals surface area contributed by atoms with E-state index in [4.69, 9.17) is 4.52 Å². The zero-order valence-electron chi connectivity index (χ0n) is 13.6. The van der Waals surface area contributed by atoms with E-state index in [-0.39, 0.29) is 12.0 Å². The molecule has 2 fully saturated rings. The maximum Gasteiger partial charge on any atom is 0.150 e. The maximum atomic E-state index is 10.2. The van der Waals surface area contributed by atoms with Crippen molar-refractivity contribution in [2.45, 2.75) is 51.2 Å². The Balaban J connectivity index is 1.56. The minimum absolute atomic E-state index is 0.0145. The van der Waals surface area contributed by atoms with Crippen LogP contribution in [0.2, 0.25) is 0 Å². The van der Waals surface area contributed by atoms with E-state index in [1.165, 1.54) is 18.4 Å². The van der Waals surface area contributed by atoms with Crippen LogP contribution < -0.4 is 0 Å². The van der Waals surface area contributed by atoms with E-state index in [0.717, 1.165) is 30.8 Å². The molecule has 3 heterocycles. The highest BCUT2D eigenvalue weighted by Gasteiger charge is 2.55. The Labute approximate surface area is 137 Å². The average molecular weight is 312 g/mol. The number of hydrogen-bond acceptors (Lipinski definition) is 4. The van der Waals surface area contributed by atoms with Crippen LogP contribution in [-0.4, -0.2) is 33.9 Å². The Morgan fingerprint density at radius 3 is 2.83 bits per heavy atom. The summed E-state index contributed by atoms with van der Waals surface area (Å²) in [7, 11) is 0. The summed E-state index contributed by atoms with van der Waals surface area (Å²) in [6.45, 7) is 3.03. The second kappa shape index (κ2) is 5.77. The molecule has 2 aromatic rings. The quantitative estimate of drug-likeness (QED) is 0.922. The highest BCUT2D eigenvalue weighted by molar-refractivity contribution is 5.21. The van der Waals surface area contributed by atoms with Crippen LogP contribution in [0.3, 0.4) is 0 Å². The summed E-state index contributed by atoms with van der Waals surface area (Å²) in [6.07, 6.45) is 4.44. The van der Waals surface area contributed by atoms with E-state index in [1.807, 2.05) is 13.0 Å². The van der Waals surface area contributed by atoms with E-state index >= 15 is 0 Å². The van der Waals surface area contributed by atoms with Crippen molar-refractivity contribution in [2.75, 3.05) is 6.61 Å². The first-order valence-corrected chi connectivity index (χ1v) is 8.53. The zero-order chi connectivity index (χ0) is 15.9. The van der Waals surface area contributed by atoms with Crippen molar-refractivity contribution in [3.8, 4) is 0 Å². The summed E-state index contributed by atoms with van der Waals surface area (Å²) in [6, 6.07) is 13.6. The van der Waals surface area contributed by atoms with Crippen molar-refractivity contribution in [1.29, 1.82) is 0 Å². The smallest absolute Gasteiger partial charge is 0.150 e. The van der Waals surface area contributed by atoms with Gasteiger partial charge in [0.2, 0.25) is 0 Å². The van der Waals surface area contributed by atoms with Crippen molar-refractivity contribution in [1.82, 2.24) is 10.1 Å². The molecule has 23 heavy (non-hydrogen) atoms. The monoisotopic (exact) mass is 312 g/mol. The van der Waals surface area contributed by atoms with Gasteiger partial charge < -0.3 is 9.63 Å². The lowest BCUT2D eigenvalue weighted by Gasteiger charge is -2.36. The Bertz CT molecular complexity index is 669. The molecule has 2 aliphatic heterocycles. The summed E-state index contributed by atoms with van der Waals surface area (Å²) in [5.41, 5.74) is 2.24. The first-order valence-electron chi connectivity index (χ1n) is 8.53. The molecule has 4 rings (SSSR count).